The Kier molecular flexibility index (Phi) is 7.51. The molecule has 2 heterocycles. The SMILES string of the molecule is COc1cc(-c2cc(F)cc(F)c2)c(OC(=O)C(F)(F)F)cc1-c1nccc2cc(S(=O)(=O)Nc3nncs3)ccc12. The lowest BCUT2D eigenvalue weighted by molar-refractivity contribution is -0.189. The lowest BCUT2D eigenvalue weighted by Gasteiger charge is -2.17. The molecule has 216 valence electrons. The van der Waals surface area contributed by atoms with Crippen LogP contribution in [0.15, 0.2) is 71.2 Å². The molecule has 1 N–H and O–H groups in total. The van der Waals surface area contributed by atoms with Crippen LogP contribution < -0.4 is 14.2 Å². The first-order valence-corrected chi connectivity index (χ1v) is 13.9. The van der Waals surface area contributed by atoms with Gasteiger partial charge in [-0.15, -0.1) is 10.2 Å². The average Bonchev–Trinajstić information content (AvgIpc) is 3.43. The fourth-order valence-corrected chi connectivity index (χ4v) is 5.75. The van der Waals surface area contributed by atoms with E-state index in [4.69, 9.17) is 4.74 Å². The van der Waals surface area contributed by atoms with Crippen LogP contribution in [-0.4, -0.2) is 42.9 Å². The number of carbonyl (C=O) groups excluding carboxylic acids is 1. The summed E-state index contributed by atoms with van der Waals surface area (Å²) in [7, 11) is -2.81. The molecule has 3 aromatic carbocycles. The highest BCUT2D eigenvalue weighted by atomic mass is 32.2. The van der Waals surface area contributed by atoms with Gasteiger partial charge in [-0.05, 0) is 53.4 Å². The lowest BCUT2D eigenvalue weighted by atomic mass is 9.97. The van der Waals surface area contributed by atoms with Crippen LogP contribution in [0.25, 0.3) is 33.2 Å². The minimum Gasteiger partial charge on any atom is -0.496 e. The number of methoxy groups -OCH3 is 1. The van der Waals surface area contributed by atoms with Crippen molar-refractivity contribution in [1.82, 2.24) is 15.2 Å². The highest BCUT2D eigenvalue weighted by Crippen LogP contribution is 2.43. The molecule has 5 aromatic rings. The fraction of sp³-hybridized carbons (Fsp3) is 0.0769. The Hall–Kier alpha value is -4.70. The van der Waals surface area contributed by atoms with Crippen molar-refractivity contribution in [3.63, 3.8) is 0 Å². The van der Waals surface area contributed by atoms with Gasteiger partial charge in [0.05, 0.1) is 17.7 Å². The molecule has 9 nitrogen and oxygen atoms in total. The molecule has 0 unspecified atom stereocenters. The van der Waals surface area contributed by atoms with Crippen LogP contribution in [0.3, 0.4) is 0 Å². The number of fused-ring (bicyclic) bond motifs is 1. The Labute approximate surface area is 237 Å². The lowest BCUT2D eigenvalue weighted by Crippen LogP contribution is -2.28. The number of nitrogens with zero attached hydrogens (tertiary/aromatic N) is 3. The number of esters is 1. The monoisotopic (exact) mass is 622 g/mol. The van der Waals surface area contributed by atoms with Crippen molar-refractivity contribution in [2.75, 3.05) is 11.8 Å². The predicted octanol–water partition coefficient (Wildman–Crippen LogP) is 5.98. The van der Waals surface area contributed by atoms with Crippen molar-refractivity contribution >= 4 is 43.2 Å². The van der Waals surface area contributed by atoms with Gasteiger partial charge in [0.1, 0.15) is 28.6 Å². The Morgan fingerprint density at radius 1 is 0.952 bits per heavy atom. The summed E-state index contributed by atoms with van der Waals surface area (Å²) in [4.78, 5) is 16.0. The van der Waals surface area contributed by atoms with E-state index < -0.39 is 39.6 Å². The molecule has 5 rings (SSSR count). The largest absolute Gasteiger partial charge is 0.496 e. The Balaban J connectivity index is 1.67. The molecule has 0 aliphatic rings. The van der Waals surface area contributed by atoms with Crippen molar-refractivity contribution < 1.29 is 44.6 Å². The molecule has 0 radical (unpaired) electrons. The normalized spacial score (nSPS) is 11.9. The maximum absolute atomic E-state index is 14.0. The van der Waals surface area contributed by atoms with Crippen LogP contribution in [0.2, 0.25) is 0 Å². The van der Waals surface area contributed by atoms with E-state index in [9.17, 15) is 35.2 Å². The summed E-state index contributed by atoms with van der Waals surface area (Å²) in [5.74, 6) is -5.31. The van der Waals surface area contributed by atoms with E-state index in [1.54, 1.807) is 0 Å². The zero-order valence-corrected chi connectivity index (χ0v) is 22.6. The Morgan fingerprint density at radius 3 is 2.31 bits per heavy atom. The zero-order chi connectivity index (χ0) is 30.2. The molecular weight excluding hydrogens is 607 g/mol. The molecular formula is C26H15F5N4O5S2. The molecule has 2 aromatic heterocycles. The number of sulfonamides is 1. The van der Waals surface area contributed by atoms with Gasteiger partial charge in [-0.3, -0.25) is 9.71 Å². The third-order valence-corrected chi connectivity index (χ3v) is 7.86. The first-order chi connectivity index (χ1) is 19.9. The van der Waals surface area contributed by atoms with E-state index in [2.05, 4.69) is 24.6 Å². The van der Waals surface area contributed by atoms with Gasteiger partial charge in [0, 0.05) is 28.8 Å². The van der Waals surface area contributed by atoms with Gasteiger partial charge in [-0.2, -0.15) is 13.2 Å². The quantitative estimate of drug-likeness (QED) is 0.134. The first-order valence-electron chi connectivity index (χ1n) is 11.5. The molecule has 0 spiro atoms. The van der Waals surface area contributed by atoms with Crippen LogP contribution in [0.1, 0.15) is 0 Å². The van der Waals surface area contributed by atoms with Crippen molar-refractivity contribution in [1.29, 1.82) is 0 Å². The summed E-state index contributed by atoms with van der Waals surface area (Å²) < 4.78 is 105. The number of hydrogen-bond acceptors (Lipinski definition) is 9. The third-order valence-electron chi connectivity index (χ3n) is 5.79. The van der Waals surface area contributed by atoms with Crippen LogP contribution in [0.5, 0.6) is 11.5 Å². The smallest absolute Gasteiger partial charge is 0.491 e. The highest BCUT2D eigenvalue weighted by molar-refractivity contribution is 7.93. The van der Waals surface area contributed by atoms with E-state index in [1.165, 1.54) is 43.1 Å². The standard InChI is InChI=1S/C26H15F5N4O5S2/c1-39-21-10-19(14-6-15(27)9-16(28)7-14)22(40-24(36)26(29,30)31)11-20(21)23-18-3-2-17(8-13(18)4-5-32-23)42(37,38)35-25-34-33-12-41-25/h2-12H,1H3,(H,34,35). The Morgan fingerprint density at radius 2 is 1.67 bits per heavy atom. The Bertz CT molecular complexity index is 1910. The number of halogens is 5. The number of rotatable bonds is 7. The first kappa shape index (κ1) is 28.8. The minimum absolute atomic E-state index is 0.00360. The summed E-state index contributed by atoms with van der Waals surface area (Å²) in [6.07, 6.45) is -4.06. The van der Waals surface area contributed by atoms with E-state index in [1.807, 2.05) is 0 Å². The van der Waals surface area contributed by atoms with Crippen molar-refractivity contribution in [3.8, 4) is 33.9 Å². The van der Waals surface area contributed by atoms with Crippen molar-refractivity contribution in [3.05, 3.63) is 77.9 Å². The number of anilines is 1. The van der Waals surface area contributed by atoms with Gasteiger partial charge in [-0.25, -0.2) is 22.0 Å². The van der Waals surface area contributed by atoms with Gasteiger partial charge in [0.25, 0.3) is 10.0 Å². The van der Waals surface area contributed by atoms with Crippen molar-refractivity contribution in [2.45, 2.75) is 11.1 Å². The summed E-state index contributed by atoms with van der Waals surface area (Å²) in [5.41, 5.74) is 0.997. The topological polar surface area (TPSA) is 120 Å². The number of benzene rings is 3. The molecule has 0 amide bonds. The van der Waals surface area contributed by atoms with E-state index in [-0.39, 0.29) is 38.2 Å². The summed E-state index contributed by atoms with van der Waals surface area (Å²) in [6.45, 7) is 0. The van der Waals surface area contributed by atoms with Gasteiger partial charge < -0.3 is 9.47 Å². The molecule has 0 saturated carbocycles. The van der Waals surface area contributed by atoms with Crippen LogP contribution in [0, 0.1) is 11.6 Å². The highest BCUT2D eigenvalue weighted by Gasteiger charge is 2.42. The minimum atomic E-state index is -5.38. The number of ether oxygens (including phenoxy) is 2. The molecule has 0 aliphatic heterocycles. The molecule has 42 heavy (non-hydrogen) atoms. The maximum Gasteiger partial charge on any atom is 0.491 e. The summed E-state index contributed by atoms with van der Waals surface area (Å²) >= 11 is 0.976. The molecule has 0 saturated heterocycles. The number of aromatic nitrogens is 3. The molecule has 16 heteroatoms. The molecule has 0 bridgehead atoms. The molecule has 0 atom stereocenters. The summed E-state index contributed by atoms with van der Waals surface area (Å²) in [5, 5.41) is 7.99. The number of hydrogen-bond donors (Lipinski definition) is 1. The predicted molar refractivity (Wildman–Crippen MR) is 141 cm³/mol. The second kappa shape index (κ2) is 10.9. The average molecular weight is 623 g/mol. The fourth-order valence-electron chi connectivity index (χ4n) is 4.02. The van der Waals surface area contributed by atoms with E-state index in [0.29, 0.717) is 16.8 Å². The third kappa shape index (κ3) is 5.84. The van der Waals surface area contributed by atoms with E-state index >= 15 is 0 Å². The van der Waals surface area contributed by atoms with E-state index in [0.717, 1.165) is 35.6 Å². The number of alkyl halides is 3. The van der Waals surface area contributed by atoms with Gasteiger partial charge >= 0.3 is 12.1 Å². The second-order valence-electron chi connectivity index (χ2n) is 8.49. The number of pyridine rings is 1. The second-order valence-corrected chi connectivity index (χ2v) is 11.0. The molecule has 0 aliphatic carbocycles. The van der Waals surface area contributed by atoms with Gasteiger partial charge in [0.15, 0.2) is 0 Å². The molecule has 0 fully saturated rings. The van der Waals surface area contributed by atoms with Crippen LogP contribution >= 0.6 is 11.3 Å². The van der Waals surface area contributed by atoms with Gasteiger partial charge in [-0.1, -0.05) is 17.4 Å². The van der Waals surface area contributed by atoms with Crippen LogP contribution in [0.4, 0.5) is 27.1 Å². The number of carbonyl (C=O) groups is 1. The van der Waals surface area contributed by atoms with Crippen LogP contribution in [-0.2, 0) is 14.8 Å². The van der Waals surface area contributed by atoms with Crippen molar-refractivity contribution in [2.24, 2.45) is 0 Å². The maximum atomic E-state index is 14.0. The zero-order valence-electron chi connectivity index (χ0n) is 20.9. The number of nitrogens with one attached hydrogen (secondary N) is 1. The van der Waals surface area contributed by atoms with Gasteiger partial charge in [0.2, 0.25) is 5.13 Å². The summed E-state index contributed by atoms with van der Waals surface area (Å²) in [6, 6.07) is 9.95.